The van der Waals surface area contributed by atoms with Gasteiger partial charge in [-0.3, -0.25) is 24.6 Å². The maximum Gasteiger partial charge on any atom is 0.255 e. The van der Waals surface area contributed by atoms with Crippen LogP contribution in [0.3, 0.4) is 0 Å². The van der Waals surface area contributed by atoms with Crippen LogP contribution in [0, 0.1) is 11.3 Å². The van der Waals surface area contributed by atoms with Gasteiger partial charge in [0.15, 0.2) is 0 Å². The Bertz CT molecular complexity index is 1850. The molecule has 4 aliphatic heterocycles. The Hall–Kier alpha value is -4.37. The number of nitrogens with one attached hydrogen (secondary N) is 1. The molecule has 6 aliphatic rings. The number of phenolic OH excluding ortho intramolecular Hbond substituents is 1. The van der Waals surface area contributed by atoms with Crippen molar-refractivity contribution in [2.45, 2.75) is 82.7 Å². The highest BCUT2D eigenvalue weighted by molar-refractivity contribution is 6.05. The number of amides is 3. The van der Waals surface area contributed by atoms with E-state index in [9.17, 15) is 19.5 Å². The van der Waals surface area contributed by atoms with E-state index in [-0.39, 0.29) is 24.1 Å². The number of piperidine rings is 2. The molecule has 2 aliphatic carbocycles. The summed E-state index contributed by atoms with van der Waals surface area (Å²) in [6, 6.07) is 21.1. The van der Waals surface area contributed by atoms with Crippen LogP contribution in [0.2, 0.25) is 0 Å². The first-order chi connectivity index (χ1) is 25.3. The zero-order chi connectivity index (χ0) is 35.4. The highest BCUT2D eigenvalue weighted by atomic mass is 16.3. The van der Waals surface area contributed by atoms with Gasteiger partial charge in [0.25, 0.3) is 5.91 Å². The lowest BCUT2D eigenvalue weighted by atomic mass is 9.60. The molecule has 3 amide bonds. The maximum atomic E-state index is 13.1. The summed E-state index contributed by atoms with van der Waals surface area (Å²) in [6.45, 7) is 7.76. The summed E-state index contributed by atoms with van der Waals surface area (Å²) >= 11 is 0. The Morgan fingerprint density at radius 1 is 0.731 bits per heavy atom. The molecule has 0 aromatic heterocycles. The molecule has 0 bridgehead atoms. The topological polar surface area (TPSA) is 96.4 Å². The van der Waals surface area contributed by atoms with Crippen molar-refractivity contribution in [1.82, 2.24) is 15.1 Å². The number of carbonyl (C=O) groups is 3. The lowest BCUT2D eigenvalue weighted by Crippen LogP contribution is -2.52. The third-order valence-corrected chi connectivity index (χ3v) is 13.5. The molecule has 3 aromatic carbocycles. The van der Waals surface area contributed by atoms with E-state index in [1.54, 1.807) is 4.90 Å². The van der Waals surface area contributed by atoms with Gasteiger partial charge in [-0.2, -0.15) is 0 Å². The molecule has 3 aromatic rings. The number of rotatable bonds is 6. The number of carbonyl (C=O) groups excluding carboxylic acids is 3. The molecule has 1 spiro atoms. The minimum absolute atomic E-state index is 0.116. The highest BCUT2D eigenvalue weighted by Crippen LogP contribution is 2.58. The number of aromatic hydroxyl groups is 1. The summed E-state index contributed by atoms with van der Waals surface area (Å²) in [5.74, 6) is 0.772. The fraction of sp³-hybridized carbons (Fsp3) is 0.512. The molecule has 1 unspecified atom stereocenters. The van der Waals surface area contributed by atoms with Gasteiger partial charge in [0.05, 0.1) is 0 Å². The SMILES string of the molecule is O=C1CCC(N2Cc3cc(N4CCN(CC5CCN(c6ccc([C@@H]7c8ccc(O)cc8CCC78CCCC8)cc6)CC5)CC4)ccc3C2=O)C(=O)N1. The first-order valence-electron chi connectivity index (χ1n) is 19.8. The number of fused-ring (bicyclic) bond motifs is 2. The first kappa shape index (κ1) is 33.5. The predicted molar refractivity (Wildman–Crippen MR) is 202 cm³/mol. The smallest absolute Gasteiger partial charge is 0.255 e. The van der Waals surface area contributed by atoms with Crippen LogP contribution in [0.1, 0.15) is 96.3 Å². The quantitative estimate of drug-likeness (QED) is 0.313. The summed E-state index contributed by atoms with van der Waals surface area (Å²) in [7, 11) is 0. The molecule has 4 heterocycles. The van der Waals surface area contributed by atoms with E-state index in [1.165, 1.54) is 67.3 Å². The monoisotopic (exact) mass is 701 g/mol. The molecular formula is C43H51N5O4. The summed E-state index contributed by atoms with van der Waals surface area (Å²) in [5, 5.41) is 12.6. The fourth-order valence-corrected chi connectivity index (χ4v) is 10.7. The van der Waals surface area contributed by atoms with Gasteiger partial charge < -0.3 is 19.8 Å². The van der Waals surface area contributed by atoms with Gasteiger partial charge >= 0.3 is 0 Å². The maximum absolute atomic E-state index is 13.1. The number of nitrogens with zero attached hydrogens (tertiary/aromatic N) is 4. The van der Waals surface area contributed by atoms with E-state index in [0.717, 1.165) is 63.5 Å². The second-order valence-electron chi connectivity index (χ2n) is 16.4. The molecule has 9 nitrogen and oxygen atoms in total. The summed E-state index contributed by atoms with van der Waals surface area (Å²) < 4.78 is 0. The Kier molecular flexibility index (Phi) is 8.72. The molecule has 1 saturated carbocycles. The van der Waals surface area contributed by atoms with E-state index < -0.39 is 6.04 Å². The Labute approximate surface area is 307 Å². The molecule has 3 saturated heterocycles. The third-order valence-electron chi connectivity index (χ3n) is 13.5. The van der Waals surface area contributed by atoms with Crippen molar-refractivity contribution >= 4 is 29.1 Å². The number of imide groups is 1. The van der Waals surface area contributed by atoms with Gasteiger partial charge in [0, 0.05) is 81.6 Å². The lowest BCUT2D eigenvalue weighted by Gasteiger charge is -2.43. The van der Waals surface area contributed by atoms with Crippen molar-refractivity contribution in [1.29, 1.82) is 0 Å². The number of hydrogen-bond acceptors (Lipinski definition) is 7. The van der Waals surface area contributed by atoms with Crippen molar-refractivity contribution in [3.05, 3.63) is 88.5 Å². The van der Waals surface area contributed by atoms with Crippen molar-refractivity contribution in [2.75, 3.05) is 55.6 Å². The summed E-state index contributed by atoms with van der Waals surface area (Å²) in [4.78, 5) is 46.5. The van der Waals surface area contributed by atoms with Crippen LogP contribution in [0.4, 0.5) is 11.4 Å². The van der Waals surface area contributed by atoms with E-state index in [2.05, 4.69) is 62.5 Å². The van der Waals surface area contributed by atoms with Crippen LogP contribution in [0.5, 0.6) is 5.75 Å². The molecule has 2 atom stereocenters. The van der Waals surface area contributed by atoms with Crippen molar-refractivity contribution in [3.63, 3.8) is 0 Å². The van der Waals surface area contributed by atoms with Crippen molar-refractivity contribution in [2.24, 2.45) is 11.3 Å². The second kappa shape index (κ2) is 13.6. The van der Waals surface area contributed by atoms with Gasteiger partial charge in [-0.15, -0.1) is 0 Å². The Balaban J connectivity index is 0.773. The van der Waals surface area contributed by atoms with Gasteiger partial charge in [0.1, 0.15) is 11.8 Å². The van der Waals surface area contributed by atoms with Crippen molar-refractivity contribution in [3.8, 4) is 5.75 Å². The van der Waals surface area contributed by atoms with Crippen LogP contribution >= 0.6 is 0 Å². The minimum Gasteiger partial charge on any atom is -0.508 e. The van der Waals surface area contributed by atoms with Crippen LogP contribution in [-0.2, 0) is 22.6 Å². The molecule has 4 fully saturated rings. The van der Waals surface area contributed by atoms with E-state index in [1.807, 2.05) is 18.2 Å². The molecule has 9 rings (SSSR count). The van der Waals surface area contributed by atoms with E-state index in [0.29, 0.717) is 41.5 Å². The van der Waals surface area contributed by atoms with Crippen LogP contribution < -0.4 is 15.1 Å². The Morgan fingerprint density at radius 2 is 1.46 bits per heavy atom. The number of aryl methyl sites for hydroxylation is 1. The second-order valence-corrected chi connectivity index (χ2v) is 16.4. The largest absolute Gasteiger partial charge is 0.508 e. The zero-order valence-corrected chi connectivity index (χ0v) is 30.2. The molecule has 52 heavy (non-hydrogen) atoms. The van der Waals surface area contributed by atoms with Gasteiger partial charge in [0.2, 0.25) is 11.8 Å². The molecule has 272 valence electrons. The van der Waals surface area contributed by atoms with Gasteiger partial charge in [-0.05, 0) is 121 Å². The summed E-state index contributed by atoms with van der Waals surface area (Å²) in [6.07, 6.45) is 10.7. The molecule has 0 radical (unpaired) electrons. The number of piperazine rings is 1. The summed E-state index contributed by atoms with van der Waals surface area (Å²) in [5.41, 5.74) is 8.68. The van der Waals surface area contributed by atoms with Crippen LogP contribution in [-0.4, -0.2) is 84.5 Å². The standard InChI is InChI=1S/C43H51N5O4/c49-35-8-10-36-31(26-35)13-18-43(16-1-2-17-43)40(36)30-3-5-33(6-4-30)46-19-14-29(15-20-46)27-45-21-23-47(24-22-45)34-7-9-37-32(25-34)28-48(42(37)52)38-11-12-39(50)44-41(38)51/h3-10,25-26,29,38,40,49H,1-2,11-24,27-28H2,(H,44,50,51)/t38?,40-/m1/s1. The number of anilines is 2. The first-order valence-corrected chi connectivity index (χ1v) is 19.8. The Morgan fingerprint density at radius 3 is 2.21 bits per heavy atom. The lowest BCUT2D eigenvalue weighted by molar-refractivity contribution is -0.136. The van der Waals surface area contributed by atoms with Crippen molar-refractivity contribution < 1.29 is 19.5 Å². The third kappa shape index (κ3) is 6.14. The molecule has 9 heteroatoms. The van der Waals surface area contributed by atoms with Gasteiger partial charge in [-0.1, -0.05) is 31.0 Å². The number of hydrogen-bond donors (Lipinski definition) is 2. The normalized spacial score (nSPS) is 25.1. The molecular weight excluding hydrogens is 651 g/mol. The average Bonchev–Trinajstić information content (AvgIpc) is 3.76. The highest BCUT2D eigenvalue weighted by Gasteiger charge is 2.46. The molecule has 2 N–H and O–H groups in total. The van der Waals surface area contributed by atoms with E-state index >= 15 is 0 Å². The zero-order valence-electron chi connectivity index (χ0n) is 30.2. The van der Waals surface area contributed by atoms with Crippen LogP contribution in [0.15, 0.2) is 60.7 Å². The fourth-order valence-electron chi connectivity index (χ4n) is 10.7. The van der Waals surface area contributed by atoms with Crippen LogP contribution in [0.25, 0.3) is 0 Å². The number of benzene rings is 3. The van der Waals surface area contributed by atoms with Gasteiger partial charge in [-0.25, -0.2) is 0 Å². The van der Waals surface area contributed by atoms with E-state index in [4.69, 9.17) is 0 Å². The minimum atomic E-state index is -0.580. The predicted octanol–water partition coefficient (Wildman–Crippen LogP) is 5.83. The number of phenols is 1. The average molecular weight is 702 g/mol.